The molecule has 0 radical (unpaired) electrons. The second-order valence-electron chi connectivity index (χ2n) is 5.77. The zero-order valence-electron chi connectivity index (χ0n) is 14.4. The first-order chi connectivity index (χ1) is 12.2. The van der Waals surface area contributed by atoms with E-state index in [9.17, 15) is 22.4 Å². The van der Waals surface area contributed by atoms with Gasteiger partial charge in [-0.3, -0.25) is 9.59 Å². The lowest BCUT2D eigenvalue weighted by Gasteiger charge is -2.08. The molecule has 0 spiro atoms. The van der Waals surface area contributed by atoms with Crippen molar-refractivity contribution in [2.75, 3.05) is 19.3 Å². The van der Waals surface area contributed by atoms with E-state index in [1.54, 1.807) is 6.92 Å². The summed E-state index contributed by atoms with van der Waals surface area (Å²) in [5.41, 5.74) is 0.968. The Morgan fingerprint density at radius 1 is 0.923 bits per heavy atom. The molecular formula is C18H19FN2O4S. The fraction of sp³-hybridized carbons (Fsp3) is 0.222. The van der Waals surface area contributed by atoms with Crippen LogP contribution in [0.25, 0.3) is 0 Å². The molecule has 2 rings (SSSR count). The monoisotopic (exact) mass is 378 g/mol. The van der Waals surface area contributed by atoms with E-state index >= 15 is 0 Å². The zero-order chi connectivity index (χ0) is 19.3. The highest BCUT2D eigenvalue weighted by Crippen LogP contribution is 2.10. The highest BCUT2D eigenvalue weighted by atomic mass is 32.2. The Morgan fingerprint density at radius 3 is 1.92 bits per heavy atom. The van der Waals surface area contributed by atoms with E-state index in [2.05, 4.69) is 10.6 Å². The van der Waals surface area contributed by atoms with Gasteiger partial charge in [0.1, 0.15) is 5.82 Å². The van der Waals surface area contributed by atoms with Crippen molar-refractivity contribution in [2.24, 2.45) is 0 Å². The van der Waals surface area contributed by atoms with Crippen LogP contribution in [0, 0.1) is 12.7 Å². The van der Waals surface area contributed by atoms with Crippen LogP contribution in [-0.2, 0) is 9.84 Å². The van der Waals surface area contributed by atoms with Crippen molar-refractivity contribution >= 4 is 21.7 Å². The lowest BCUT2D eigenvalue weighted by Crippen LogP contribution is -2.34. The number of hydrogen-bond acceptors (Lipinski definition) is 4. The second-order valence-corrected chi connectivity index (χ2v) is 7.79. The molecule has 0 heterocycles. The lowest BCUT2D eigenvalue weighted by atomic mass is 10.1. The molecule has 2 N–H and O–H groups in total. The van der Waals surface area contributed by atoms with Crippen LogP contribution in [0.5, 0.6) is 0 Å². The maximum absolute atomic E-state index is 13.4. The van der Waals surface area contributed by atoms with Gasteiger partial charge in [0.15, 0.2) is 9.84 Å². The molecule has 0 aromatic heterocycles. The van der Waals surface area contributed by atoms with Crippen LogP contribution < -0.4 is 10.6 Å². The topological polar surface area (TPSA) is 92.3 Å². The van der Waals surface area contributed by atoms with Gasteiger partial charge < -0.3 is 10.6 Å². The summed E-state index contributed by atoms with van der Waals surface area (Å²) in [7, 11) is -3.31. The van der Waals surface area contributed by atoms with Crippen molar-refractivity contribution in [3.8, 4) is 0 Å². The summed E-state index contributed by atoms with van der Waals surface area (Å²) in [5, 5.41) is 5.19. The van der Waals surface area contributed by atoms with Crippen molar-refractivity contribution in [3.63, 3.8) is 0 Å². The standard InChI is InChI=1S/C18H19FN2O4S/c1-12-3-4-14(11-16(12)19)18(23)21-10-9-20-17(22)13-5-7-15(8-6-13)26(2,24)25/h3-8,11H,9-10H2,1-2H3,(H,20,22)(H,21,23). The Hall–Kier alpha value is -2.74. The molecule has 2 aromatic rings. The average molecular weight is 378 g/mol. The number of carbonyl (C=O) groups is 2. The third kappa shape index (κ3) is 5.13. The summed E-state index contributed by atoms with van der Waals surface area (Å²) in [6.45, 7) is 1.95. The largest absolute Gasteiger partial charge is 0.350 e. The van der Waals surface area contributed by atoms with Crippen LogP contribution in [0.2, 0.25) is 0 Å². The average Bonchev–Trinajstić information content (AvgIpc) is 2.60. The van der Waals surface area contributed by atoms with Gasteiger partial charge in [-0.05, 0) is 48.9 Å². The number of benzene rings is 2. The normalized spacial score (nSPS) is 11.0. The third-order valence-corrected chi connectivity index (χ3v) is 4.80. The Kier molecular flexibility index (Phi) is 6.10. The van der Waals surface area contributed by atoms with E-state index in [1.165, 1.54) is 36.4 Å². The zero-order valence-corrected chi connectivity index (χ0v) is 15.2. The van der Waals surface area contributed by atoms with E-state index < -0.39 is 21.6 Å². The van der Waals surface area contributed by atoms with Gasteiger partial charge >= 0.3 is 0 Å². The number of rotatable bonds is 6. The second kappa shape index (κ2) is 8.09. The summed E-state index contributed by atoms with van der Waals surface area (Å²) in [6.07, 6.45) is 1.09. The van der Waals surface area contributed by atoms with Gasteiger partial charge in [-0.15, -0.1) is 0 Å². The van der Waals surface area contributed by atoms with Crippen LogP contribution in [0.3, 0.4) is 0 Å². The van der Waals surface area contributed by atoms with Crippen LogP contribution in [0.15, 0.2) is 47.4 Å². The number of carbonyl (C=O) groups excluding carboxylic acids is 2. The molecule has 0 saturated carbocycles. The van der Waals surface area contributed by atoms with Gasteiger partial charge in [0.2, 0.25) is 0 Å². The number of sulfone groups is 1. The Morgan fingerprint density at radius 2 is 1.42 bits per heavy atom. The maximum Gasteiger partial charge on any atom is 0.251 e. The lowest BCUT2D eigenvalue weighted by molar-refractivity contribution is 0.0927. The number of amides is 2. The molecule has 0 atom stereocenters. The minimum atomic E-state index is -3.31. The van der Waals surface area contributed by atoms with Crippen molar-refractivity contribution in [1.29, 1.82) is 0 Å². The smallest absolute Gasteiger partial charge is 0.251 e. The first-order valence-corrected chi connectivity index (χ1v) is 9.70. The highest BCUT2D eigenvalue weighted by Gasteiger charge is 2.10. The van der Waals surface area contributed by atoms with E-state index in [4.69, 9.17) is 0 Å². The summed E-state index contributed by atoms with van der Waals surface area (Å²) in [6, 6.07) is 9.75. The first kappa shape index (κ1) is 19.6. The Labute approximate surface area is 151 Å². The van der Waals surface area contributed by atoms with Crippen LogP contribution in [0.1, 0.15) is 26.3 Å². The van der Waals surface area contributed by atoms with Crippen molar-refractivity contribution in [1.82, 2.24) is 10.6 Å². The third-order valence-electron chi connectivity index (χ3n) is 3.67. The van der Waals surface area contributed by atoms with Gasteiger partial charge in [0.25, 0.3) is 11.8 Å². The molecule has 0 bridgehead atoms. The van der Waals surface area contributed by atoms with Crippen LogP contribution >= 0.6 is 0 Å². The number of aryl methyl sites for hydroxylation is 1. The quantitative estimate of drug-likeness (QED) is 0.749. The number of hydrogen-bond donors (Lipinski definition) is 2. The molecule has 0 aliphatic heterocycles. The Balaban J connectivity index is 1.83. The predicted molar refractivity (Wildman–Crippen MR) is 95.4 cm³/mol. The summed E-state index contributed by atoms with van der Waals surface area (Å²) in [4.78, 5) is 24.0. The molecule has 0 fully saturated rings. The van der Waals surface area contributed by atoms with Gasteiger partial charge in [-0.2, -0.15) is 0 Å². The van der Waals surface area contributed by atoms with E-state index in [-0.39, 0.29) is 29.5 Å². The van der Waals surface area contributed by atoms with Gasteiger partial charge in [-0.25, -0.2) is 12.8 Å². The fourth-order valence-corrected chi connectivity index (χ4v) is 2.77. The highest BCUT2D eigenvalue weighted by molar-refractivity contribution is 7.90. The van der Waals surface area contributed by atoms with Crippen LogP contribution in [0.4, 0.5) is 4.39 Å². The van der Waals surface area contributed by atoms with Gasteiger partial charge in [0.05, 0.1) is 4.90 Å². The number of halogens is 1. The molecule has 8 heteroatoms. The van der Waals surface area contributed by atoms with E-state index in [0.717, 1.165) is 12.3 Å². The Bertz CT molecular complexity index is 925. The molecule has 0 aliphatic carbocycles. The predicted octanol–water partition coefficient (Wildman–Crippen LogP) is 1.70. The SMILES string of the molecule is Cc1ccc(C(=O)NCCNC(=O)c2ccc(S(C)(=O)=O)cc2)cc1F. The molecular weight excluding hydrogens is 359 g/mol. The van der Waals surface area contributed by atoms with Crippen molar-refractivity contribution in [2.45, 2.75) is 11.8 Å². The van der Waals surface area contributed by atoms with E-state index in [1.807, 2.05) is 0 Å². The molecule has 6 nitrogen and oxygen atoms in total. The molecule has 26 heavy (non-hydrogen) atoms. The summed E-state index contributed by atoms with van der Waals surface area (Å²) >= 11 is 0. The van der Waals surface area contributed by atoms with Gasteiger partial charge in [-0.1, -0.05) is 6.07 Å². The first-order valence-electron chi connectivity index (χ1n) is 7.81. The van der Waals surface area contributed by atoms with Crippen molar-refractivity contribution < 1.29 is 22.4 Å². The molecule has 138 valence electrons. The fourth-order valence-electron chi connectivity index (χ4n) is 2.14. The molecule has 0 unspecified atom stereocenters. The molecule has 2 amide bonds. The minimum absolute atomic E-state index is 0.131. The van der Waals surface area contributed by atoms with E-state index in [0.29, 0.717) is 11.1 Å². The minimum Gasteiger partial charge on any atom is -0.350 e. The van der Waals surface area contributed by atoms with Crippen molar-refractivity contribution in [3.05, 3.63) is 65.0 Å². The molecule has 0 saturated heterocycles. The number of nitrogens with one attached hydrogen (secondary N) is 2. The van der Waals surface area contributed by atoms with Crippen LogP contribution in [-0.4, -0.2) is 39.6 Å². The van der Waals surface area contributed by atoms with Gasteiger partial charge in [0, 0.05) is 30.5 Å². The summed E-state index contributed by atoms with van der Waals surface area (Å²) < 4.78 is 36.2. The maximum atomic E-state index is 13.4. The molecule has 2 aromatic carbocycles. The molecule has 0 aliphatic rings. The summed E-state index contributed by atoms with van der Waals surface area (Å²) in [5.74, 6) is -1.28.